The van der Waals surface area contributed by atoms with Crippen LogP contribution in [0.25, 0.3) is 5.69 Å². The molecule has 1 saturated heterocycles. The van der Waals surface area contributed by atoms with Crippen molar-refractivity contribution in [3.63, 3.8) is 0 Å². The Bertz CT molecular complexity index is 738. The maximum absolute atomic E-state index is 12.9. The lowest BCUT2D eigenvalue weighted by Crippen LogP contribution is -2.45. The van der Waals surface area contributed by atoms with Crippen molar-refractivity contribution in [3.05, 3.63) is 52.8 Å². The monoisotopic (exact) mass is 347 g/mol. The molecule has 3 rings (SSSR count). The van der Waals surface area contributed by atoms with Gasteiger partial charge in [-0.2, -0.15) is 0 Å². The van der Waals surface area contributed by atoms with Gasteiger partial charge in [0, 0.05) is 36.2 Å². The van der Waals surface area contributed by atoms with Crippen LogP contribution in [0.3, 0.4) is 0 Å². The summed E-state index contributed by atoms with van der Waals surface area (Å²) >= 11 is 0. The van der Waals surface area contributed by atoms with Gasteiger partial charge in [-0.25, -0.2) is 0 Å². The van der Waals surface area contributed by atoms with Gasteiger partial charge in [-0.3, -0.25) is 4.79 Å². The van der Waals surface area contributed by atoms with Gasteiger partial charge in [-0.05, 0) is 57.4 Å². The number of aromatic nitrogens is 1. The van der Waals surface area contributed by atoms with Crippen molar-refractivity contribution in [1.29, 1.82) is 0 Å². The topological polar surface area (TPSA) is 51.3 Å². The van der Waals surface area contributed by atoms with E-state index in [-0.39, 0.29) is 24.4 Å². The Balaban J connectivity index is 0.00000208. The van der Waals surface area contributed by atoms with Crippen LogP contribution < -0.4 is 5.73 Å². The number of benzene rings is 1. The molecule has 0 aliphatic carbocycles. The fraction of sp³-hybridized carbons (Fsp3) is 0.421. The third-order valence-corrected chi connectivity index (χ3v) is 4.67. The minimum atomic E-state index is 0. The molecule has 0 radical (unpaired) electrons. The van der Waals surface area contributed by atoms with E-state index in [0.29, 0.717) is 6.54 Å². The van der Waals surface area contributed by atoms with Gasteiger partial charge in [0.25, 0.3) is 5.91 Å². The van der Waals surface area contributed by atoms with Crippen LogP contribution in [0, 0.1) is 20.8 Å². The highest BCUT2D eigenvalue weighted by Crippen LogP contribution is 2.23. The summed E-state index contributed by atoms with van der Waals surface area (Å²) in [5.74, 6) is 0.104. The SMILES string of the molecule is Cc1cccc(-n2c(C)cc(C(=O)N3CCCC(N)C3)c2C)c1.Cl. The van der Waals surface area contributed by atoms with Gasteiger partial charge in [0.1, 0.15) is 0 Å². The number of likely N-dealkylation sites (tertiary alicyclic amines) is 1. The minimum absolute atomic E-state index is 0. The van der Waals surface area contributed by atoms with Crippen LogP contribution in [0.5, 0.6) is 0 Å². The smallest absolute Gasteiger partial charge is 0.255 e. The average Bonchev–Trinajstić information content (AvgIpc) is 2.81. The lowest BCUT2D eigenvalue weighted by atomic mass is 10.1. The van der Waals surface area contributed by atoms with Crippen molar-refractivity contribution < 1.29 is 4.79 Å². The Morgan fingerprint density at radius 3 is 2.62 bits per heavy atom. The summed E-state index contributed by atoms with van der Waals surface area (Å²) in [6.07, 6.45) is 2.00. The van der Waals surface area contributed by atoms with E-state index in [1.807, 2.05) is 24.8 Å². The number of hydrogen-bond acceptors (Lipinski definition) is 2. The first kappa shape index (κ1) is 18.6. The molecule has 4 nitrogen and oxygen atoms in total. The number of amides is 1. The Morgan fingerprint density at radius 1 is 1.21 bits per heavy atom. The zero-order valence-corrected chi connectivity index (χ0v) is 15.4. The average molecular weight is 348 g/mol. The fourth-order valence-electron chi connectivity index (χ4n) is 3.51. The van der Waals surface area contributed by atoms with Crippen molar-refractivity contribution in [2.24, 2.45) is 5.73 Å². The predicted octanol–water partition coefficient (Wildman–Crippen LogP) is 3.39. The number of nitrogens with two attached hydrogens (primary N) is 1. The number of hydrogen-bond donors (Lipinski definition) is 1. The maximum Gasteiger partial charge on any atom is 0.255 e. The van der Waals surface area contributed by atoms with E-state index in [1.54, 1.807) is 0 Å². The highest BCUT2D eigenvalue weighted by atomic mass is 35.5. The Hall–Kier alpha value is -1.78. The van der Waals surface area contributed by atoms with Crippen molar-refractivity contribution in [1.82, 2.24) is 9.47 Å². The molecular formula is C19H26ClN3O. The van der Waals surface area contributed by atoms with Crippen molar-refractivity contribution >= 4 is 18.3 Å². The van der Waals surface area contributed by atoms with E-state index in [9.17, 15) is 4.79 Å². The zero-order valence-electron chi connectivity index (χ0n) is 14.6. The summed E-state index contributed by atoms with van der Waals surface area (Å²) in [6, 6.07) is 10.5. The lowest BCUT2D eigenvalue weighted by Gasteiger charge is -2.30. The molecule has 24 heavy (non-hydrogen) atoms. The molecule has 1 amide bonds. The molecule has 5 heteroatoms. The van der Waals surface area contributed by atoms with Crippen LogP contribution in [0.15, 0.2) is 30.3 Å². The predicted molar refractivity (Wildman–Crippen MR) is 100 cm³/mol. The molecule has 1 atom stereocenters. The number of aryl methyl sites for hydroxylation is 2. The zero-order chi connectivity index (χ0) is 16.6. The molecule has 1 aliphatic rings. The number of rotatable bonds is 2. The van der Waals surface area contributed by atoms with E-state index < -0.39 is 0 Å². The summed E-state index contributed by atoms with van der Waals surface area (Å²) < 4.78 is 2.16. The van der Waals surface area contributed by atoms with Crippen LogP contribution in [-0.2, 0) is 0 Å². The van der Waals surface area contributed by atoms with E-state index in [4.69, 9.17) is 5.73 Å². The normalized spacial score (nSPS) is 17.5. The molecule has 1 aromatic carbocycles. The molecule has 130 valence electrons. The maximum atomic E-state index is 12.9. The number of carbonyl (C=O) groups is 1. The highest BCUT2D eigenvalue weighted by molar-refractivity contribution is 5.96. The minimum Gasteiger partial charge on any atom is -0.337 e. The summed E-state index contributed by atoms with van der Waals surface area (Å²) in [6.45, 7) is 7.62. The Labute approximate surface area is 150 Å². The number of piperidine rings is 1. The third-order valence-electron chi connectivity index (χ3n) is 4.67. The standard InChI is InChI=1S/C19H25N3O.ClH/c1-13-6-4-8-17(10-13)22-14(2)11-18(15(22)3)19(23)21-9-5-7-16(20)12-21;/h4,6,8,10-11,16H,5,7,9,12,20H2,1-3H3;1H. The van der Waals surface area contributed by atoms with Crippen LogP contribution >= 0.6 is 12.4 Å². The van der Waals surface area contributed by atoms with E-state index in [1.165, 1.54) is 5.56 Å². The van der Waals surface area contributed by atoms with Gasteiger partial charge < -0.3 is 15.2 Å². The van der Waals surface area contributed by atoms with Gasteiger partial charge >= 0.3 is 0 Å². The molecular weight excluding hydrogens is 322 g/mol. The second-order valence-electron chi connectivity index (χ2n) is 6.61. The van der Waals surface area contributed by atoms with Crippen LogP contribution in [0.4, 0.5) is 0 Å². The van der Waals surface area contributed by atoms with Gasteiger partial charge in [0.2, 0.25) is 0 Å². The number of carbonyl (C=O) groups excluding carboxylic acids is 1. The quantitative estimate of drug-likeness (QED) is 0.905. The molecule has 0 bridgehead atoms. The molecule has 1 fully saturated rings. The molecule has 1 aromatic heterocycles. The molecule has 1 unspecified atom stereocenters. The van der Waals surface area contributed by atoms with Crippen molar-refractivity contribution in [2.45, 2.75) is 39.7 Å². The molecule has 2 N–H and O–H groups in total. The third kappa shape index (κ3) is 3.50. The highest BCUT2D eigenvalue weighted by Gasteiger charge is 2.25. The van der Waals surface area contributed by atoms with Gasteiger partial charge in [0.15, 0.2) is 0 Å². The second-order valence-corrected chi connectivity index (χ2v) is 6.61. The van der Waals surface area contributed by atoms with Gasteiger partial charge in [-0.15, -0.1) is 12.4 Å². The van der Waals surface area contributed by atoms with E-state index in [2.05, 4.69) is 35.8 Å². The van der Waals surface area contributed by atoms with Crippen molar-refractivity contribution in [2.75, 3.05) is 13.1 Å². The summed E-state index contributed by atoms with van der Waals surface area (Å²) in [7, 11) is 0. The largest absolute Gasteiger partial charge is 0.337 e. The summed E-state index contributed by atoms with van der Waals surface area (Å²) in [5.41, 5.74) is 11.2. The van der Waals surface area contributed by atoms with Gasteiger partial charge in [0.05, 0.1) is 5.56 Å². The van der Waals surface area contributed by atoms with E-state index >= 15 is 0 Å². The molecule has 0 spiro atoms. The van der Waals surface area contributed by atoms with Crippen molar-refractivity contribution in [3.8, 4) is 5.69 Å². The Morgan fingerprint density at radius 2 is 1.96 bits per heavy atom. The van der Waals surface area contributed by atoms with Crippen LogP contribution in [-0.4, -0.2) is 34.5 Å². The lowest BCUT2D eigenvalue weighted by molar-refractivity contribution is 0.0708. The first-order chi connectivity index (χ1) is 11.0. The molecule has 2 heterocycles. The molecule has 0 saturated carbocycles. The van der Waals surface area contributed by atoms with Gasteiger partial charge in [-0.1, -0.05) is 12.1 Å². The first-order valence-corrected chi connectivity index (χ1v) is 8.28. The van der Waals surface area contributed by atoms with E-state index in [0.717, 1.165) is 42.0 Å². The fourth-order valence-corrected chi connectivity index (χ4v) is 3.51. The Kier molecular flexibility index (Phi) is 5.73. The number of halogens is 1. The van der Waals surface area contributed by atoms with Crippen LogP contribution in [0.2, 0.25) is 0 Å². The summed E-state index contributed by atoms with van der Waals surface area (Å²) in [4.78, 5) is 14.8. The number of nitrogens with zero attached hydrogens (tertiary/aromatic N) is 2. The molecule has 2 aromatic rings. The first-order valence-electron chi connectivity index (χ1n) is 8.28. The molecule has 1 aliphatic heterocycles. The second kappa shape index (κ2) is 7.41. The van der Waals surface area contributed by atoms with Crippen LogP contribution in [0.1, 0.15) is 40.2 Å². The summed E-state index contributed by atoms with van der Waals surface area (Å²) in [5, 5.41) is 0.